The Bertz CT molecular complexity index is 482. The van der Waals surface area contributed by atoms with Crippen molar-refractivity contribution in [2.75, 3.05) is 13.1 Å². The van der Waals surface area contributed by atoms with Crippen molar-refractivity contribution in [1.29, 1.82) is 0 Å². The van der Waals surface area contributed by atoms with E-state index in [4.69, 9.17) is 4.52 Å². The maximum Gasteiger partial charge on any atom is 0.310 e. The lowest BCUT2D eigenvalue weighted by atomic mass is 9.76. The van der Waals surface area contributed by atoms with Gasteiger partial charge in [-0.25, -0.2) is 0 Å². The van der Waals surface area contributed by atoms with Crippen molar-refractivity contribution < 1.29 is 14.4 Å². The van der Waals surface area contributed by atoms with Crippen molar-refractivity contribution in [3.8, 4) is 0 Å². The van der Waals surface area contributed by atoms with Crippen molar-refractivity contribution >= 4 is 5.97 Å². The molecule has 1 N–H and O–H groups in total. The highest BCUT2D eigenvalue weighted by Crippen LogP contribution is 2.35. The van der Waals surface area contributed by atoms with E-state index in [9.17, 15) is 9.90 Å². The minimum Gasteiger partial charge on any atom is -0.481 e. The van der Waals surface area contributed by atoms with E-state index in [0.717, 1.165) is 32.2 Å². The van der Waals surface area contributed by atoms with Crippen molar-refractivity contribution in [1.82, 2.24) is 15.0 Å². The van der Waals surface area contributed by atoms with E-state index in [1.807, 2.05) is 20.8 Å². The molecule has 0 aromatic carbocycles. The minimum absolute atomic E-state index is 0.214. The summed E-state index contributed by atoms with van der Waals surface area (Å²) in [6.07, 6.45) is 3.28. The summed E-state index contributed by atoms with van der Waals surface area (Å²) < 4.78 is 5.21. The highest BCUT2D eigenvalue weighted by molar-refractivity contribution is 5.75. The van der Waals surface area contributed by atoms with Crippen molar-refractivity contribution in [3.63, 3.8) is 0 Å². The molecule has 1 aliphatic rings. The van der Waals surface area contributed by atoms with Gasteiger partial charge < -0.3 is 9.63 Å². The molecule has 0 aliphatic carbocycles. The van der Waals surface area contributed by atoms with E-state index in [1.54, 1.807) is 0 Å². The normalized spacial score (nSPS) is 23.6. The van der Waals surface area contributed by atoms with Crippen molar-refractivity contribution in [2.24, 2.45) is 5.41 Å². The van der Waals surface area contributed by atoms with E-state index in [0.29, 0.717) is 24.8 Å². The van der Waals surface area contributed by atoms with Crippen LogP contribution in [0, 0.1) is 5.41 Å². The Labute approximate surface area is 125 Å². The first-order chi connectivity index (χ1) is 9.97. The molecule has 1 saturated heterocycles. The number of likely N-dealkylation sites (tertiary alicyclic amines) is 1. The summed E-state index contributed by atoms with van der Waals surface area (Å²) in [5, 5.41) is 13.6. The summed E-state index contributed by atoms with van der Waals surface area (Å²) in [5.74, 6) is 0.826. The predicted octanol–water partition coefficient (Wildman–Crippen LogP) is 2.66. The molecular weight excluding hydrogens is 270 g/mol. The average molecular weight is 295 g/mol. The van der Waals surface area contributed by atoms with Crippen LogP contribution in [-0.4, -0.2) is 39.2 Å². The molecule has 0 bridgehead atoms. The molecule has 1 aromatic heterocycles. The number of hydrogen-bond acceptors (Lipinski definition) is 5. The van der Waals surface area contributed by atoms with Gasteiger partial charge in [0.15, 0.2) is 5.82 Å². The van der Waals surface area contributed by atoms with Crippen molar-refractivity contribution in [2.45, 2.75) is 58.9 Å². The molecule has 1 unspecified atom stereocenters. The van der Waals surface area contributed by atoms with Gasteiger partial charge in [-0.05, 0) is 25.8 Å². The van der Waals surface area contributed by atoms with Gasteiger partial charge in [0.05, 0.1) is 12.0 Å². The maximum atomic E-state index is 11.7. The molecule has 0 saturated carbocycles. The Kier molecular flexibility index (Phi) is 4.98. The highest BCUT2D eigenvalue weighted by atomic mass is 16.5. The third-order valence-corrected chi connectivity index (χ3v) is 4.18. The number of nitrogens with zero attached hydrogens (tertiary/aromatic N) is 3. The Morgan fingerprint density at radius 2 is 2.29 bits per heavy atom. The molecule has 0 radical (unpaired) electrons. The van der Waals surface area contributed by atoms with Crippen LogP contribution in [0.15, 0.2) is 4.52 Å². The van der Waals surface area contributed by atoms with Crippen LogP contribution in [0.3, 0.4) is 0 Å². The number of carboxylic acid groups (broad SMARTS) is 1. The Morgan fingerprint density at radius 3 is 2.86 bits per heavy atom. The number of aromatic nitrogens is 2. The van der Waals surface area contributed by atoms with Gasteiger partial charge >= 0.3 is 5.97 Å². The molecule has 21 heavy (non-hydrogen) atoms. The van der Waals surface area contributed by atoms with Gasteiger partial charge in [0.2, 0.25) is 5.89 Å². The summed E-state index contributed by atoms with van der Waals surface area (Å²) >= 11 is 0. The molecule has 6 nitrogen and oxygen atoms in total. The number of rotatable bonds is 6. The number of piperidine rings is 1. The fourth-order valence-corrected chi connectivity index (χ4v) is 3.09. The van der Waals surface area contributed by atoms with Crippen LogP contribution < -0.4 is 0 Å². The molecule has 1 aliphatic heterocycles. The second-order valence-electron chi connectivity index (χ2n) is 6.35. The SMILES string of the molecule is CCCC1(C(=O)O)CCCN(Cc2noc(C(C)C)n2)C1. The molecule has 0 spiro atoms. The Hall–Kier alpha value is -1.43. The third kappa shape index (κ3) is 3.61. The quantitative estimate of drug-likeness (QED) is 0.869. The van der Waals surface area contributed by atoms with Crippen LogP contribution in [0.2, 0.25) is 0 Å². The minimum atomic E-state index is -0.676. The summed E-state index contributed by atoms with van der Waals surface area (Å²) in [7, 11) is 0. The molecular formula is C15H25N3O3. The first-order valence-electron chi connectivity index (χ1n) is 7.75. The monoisotopic (exact) mass is 295 g/mol. The summed E-state index contributed by atoms with van der Waals surface area (Å²) in [5.41, 5.74) is -0.613. The Balaban J connectivity index is 2.04. The predicted molar refractivity (Wildman–Crippen MR) is 77.9 cm³/mol. The van der Waals surface area contributed by atoms with E-state index in [1.165, 1.54) is 0 Å². The fraction of sp³-hybridized carbons (Fsp3) is 0.800. The first-order valence-corrected chi connectivity index (χ1v) is 7.75. The molecule has 1 atom stereocenters. The molecule has 1 fully saturated rings. The topological polar surface area (TPSA) is 79.5 Å². The highest BCUT2D eigenvalue weighted by Gasteiger charge is 2.41. The average Bonchev–Trinajstić information content (AvgIpc) is 2.88. The lowest BCUT2D eigenvalue weighted by Gasteiger charge is -2.39. The van der Waals surface area contributed by atoms with Gasteiger partial charge in [0.25, 0.3) is 0 Å². The van der Waals surface area contributed by atoms with Gasteiger partial charge in [-0.3, -0.25) is 9.69 Å². The Morgan fingerprint density at radius 1 is 1.52 bits per heavy atom. The first kappa shape index (κ1) is 15.9. The van der Waals surface area contributed by atoms with Gasteiger partial charge in [0.1, 0.15) is 0 Å². The zero-order chi connectivity index (χ0) is 15.5. The number of hydrogen-bond donors (Lipinski definition) is 1. The van der Waals surface area contributed by atoms with Crippen LogP contribution >= 0.6 is 0 Å². The third-order valence-electron chi connectivity index (χ3n) is 4.18. The van der Waals surface area contributed by atoms with Crippen LogP contribution in [0.4, 0.5) is 0 Å². The molecule has 6 heteroatoms. The van der Waals surface area contributed by atoms with Gasteiger partial charge in [-0.1, -0.05) is 32.3 Å². The van der Waals surface area contributed by atoms with Crippen LogP contribution in [-0.2, 0) is 11.3 Å². The van der Waals surface area contributed by atoms with E-state index in [-0.39, 0.29) is 5.92 Å². The number of carboxylic acids is 1. The second-order valence-corrected chi connectivity index (χ2v) is 6.35. The smallest absolute Gasteiger partial charge is 0.310 e. The van der Waals surface area contributed by atoms with Crippen LogP contribution in [0.5, 0.6) is 0 Å². The lowest BCUT2D eigenvalue weighted by molar-refractivity contribution is -0.153. The fourth-order valence-electron chi connectivity index (χ4n) is 3.09. The molecule has 2 rings (SSSR count). The molecule has 1 aromatic rings. The zero-order valence-electron chi connectivity index (χ0n) is 13.1. The van der Waals surface area contributed by atoms with Crippen LogP contribution in [0.25, 0.3) is 0 Å². The number of carbonyl (C=O) groups is 1. The summed E-state index contributed by atoms with van der Waals surface area (Å²) in [6, 6.07) is 0. The molecule has 0 amide bonds. The molecule has 118 valence electrons. The largest absolute Gasteiger partial charge is 0.481 e. The van der Waals surface area contributed by atoms with E-state index in [2.05, 4.69) is 15.0 Å². The van der Waals surface area contributed by atoms with E-state index >= 15 is 0 Å². The van der Waals surface area contributed by atoms with Gasteiger partial charge in [-0.15, -0.1) is 0 Å². The lowest BCUT2D eigenvalue weighted by Crippen LogP contribution is -2.47. The van der Waals surface area contributed by atoms with Gasteiger partial charge in [0, 0.05) is 12.5 Å². The number of aliphatic carboxylic acids is 1. The van der Waals surface area contributed by atoms with Gasteiger partial charge in [-0.2, -0.15) is 4.98 Å². The van der Waals surface area contributed by atoms with E-state index < -0.39 is 11.4 Å². The summed E-state index contributed by atoms with van der Waals surface area (Å²) in [4.78, 5) is 18.2. The van der Waals surface area contributed by atoms with Crippen LogP contribution in [0.1, 0.15) is 64.1 Å². The second kappa shape index (κ2) is 6.56. The summed E-state index contributed by atoms with van der Waals surface area (Å²) in [6.45, 7) is 8.09. The van der Waals surface area contributed by atoms with Crippen molar-refractivity contribution in [3.05, 3.63) is 11.7 Å². The molecule has 2 heterocycles. The zero-order valence-corrected chi connectivity index (χ0v) is 13.1. The maximum absolute atomic E-state index is 11.7. The standard InChI is InChI=1S/C15H25N3O3/c1-4-6-15(14(19)20)7-5-8-18(10-15)9-12-16-13(11(2)3)21-17-12/h11H,4-10H2,1-3H3,(H,19,20).